The van der Waals surface area contributed by atoms with Crippen molar-refractivity contribution in [1.82, 2.24) is 0 Å². The summed E-state index contributed by atoms with van der Waals surface area (Å²) in [7, 11) is -2.19. The molecule has 8 heteroatoms. The molecule has 0 aromatic heterocycles. The van der Waals surface area contributed by atoms with Crippen molar-refractivity contribution >= 4 is 59.6 Å². The van der Waals surface area contributed by atoms with E-state index in [4.69, 9.17) is 18.9 Å². The Morgan fingerprint density at radius 1 is 0.472 bits per heavy atom. The molecule has 53 heavy (non-hydrogen) atoms. The molecule has 266 valence electrons. The summed E-state index contributed by atoms with van der Waals surface area (Å²) in [5, 5.41) is 6.20. The third-order valence-electron chi connectivity index (χ3n) is 8.89. The molecule has 0 spiro atoms. The molecule has 2 atom stereocenters. The number of hydrogen-bond donors (Lipinski definition) is 0. The molecular formula is C45H40O6P2. The summed E-state index contributed by atoms with van der Waals surface area (Å²) in [6, 6.07) is 52.6. The highest BCUT2D eigenvalue weighted by Gasteiger charge is 2.51. The minimum absolute atomic E-state index is 0.439. The average Bonchev–Trinajstić information content (AvgIpc) is 3.51. The van der Waals surface area contributed by atoms with Gasteiger partial charge in [-0.1, -0.05) is 158 Å². The van der Waals surface area contributed by atoms with Gasteiger partial charge in [0.2, 0.25) is 0 Å². The maximum absolute atomic E-state index is 14.3. The number of rotatable bonds is 10. The van der Waals surface area contributed by atoms with Crippen LogP contribution < -0.4 is 41.3 Å². The van der Waals surface area contributed by atoms with Crippen LogP contribution in [0.3, 0.4) is 0 Å². The summed E-state index contributed by atoms with van der Waals surface area (Å²) in [5.41, 5.74) is 1.57. The molecule has 0 bridgehead atoms. The van der Waals surface area contributed by atoms with Gasteiger partial charge in [-0.25, -0.2) is 9.59 Å². The molecule has 0 amide bonds. The van der Waals surface area contributed by atoms with Crippen molar-refractivity contribution in [2.45, 2.75) is 45.7 Å². The fraction of sp³-hybridized carbons (Fsp3) is 0.156. The van der Waals surface area contributed by atoms with Crippen molar-refractivity contribution < 1.29 is 28.5 Å². The molecule has 0 N–H and O–H groups in total. The fourth-order valence-electron chi connectivity index (χ4n) is 6.48. The smallest absolute Gasteiger partial charge is 0.344 e. The molecule has 1 aliphatic rings. The van der Waals surface area contributed by atoms with Gasteiger partial charge in [0.05, 0.1) is 0 Å². The second kappa shape index (κ2) is 16.0. The molecule has 0 aliphatic carbocycles. The van der Waals surface area contributed by atoms with Crippen LogP contribution in [-0.4, -0.2) is 29.9 Å². The molecular weight excluding hydrogens is 698 g/mol. The molecule has 0 radical (unpaired) electrons. The zero-order valence-corrected chi connectivity index (χ0v) is 31.8. The van der Waals surface area contributed by atoms with Crippen LogP contribution in [0.2, 0.25) is 0 Å². The van der Waals surface area contributed by atoms with Gasteiger partial charge in [0.25, 0.3) is 0 Å². The lowest BCUT2D eigenvalue weighted by atomic mass is 10.2. The van der Waals surface area contributed by atoms with Crippen LogP contribution in [0.25, 0.3) is 0 Å². The number of benzene rings is 6. The van der Waals surface area contributed by atoms with Gasteiger partial charge in [-0.2, -0.15) is 0 Å². The van der Waals surface area contributed by atoms with Gasteiger partial charge in [-0.05, 0) is 75.9 Å². The van der Waals surface area contributed by atoms with Gasteiger partial charge in [0, 0.05) is 10.6 Å². The topological polar surface area (TPSA) is 71.1 Å². The van der Waals surface area contributed by atoms with E-state index in [0.29, 0.717) is 11.5 Å². The van der Waals surface area contributed by atoms with Crippen LogP contribution in [0.1, 0.15) is 25.0 Å². The van der Waals surface area contributed by atoms with Crippen LogP contribution in [0, 0.1) is 13.8 Å². The Hall–Kier alpha value is -4.96. The Labute approximate surface area is 313 Å². The summed E-state index contributed by atoms with van der Waals surface area (Å²) in [5.74, 6) is -1.84. The van der Waals surface area contributed by atoms with Gasteiger partial charge in [-0.15, -0.1) is 0 Å². The van der Waals surface area contributed by atoms with Gasteiger partial charge < -0.3 is 18.9 Å². The van der Waals surface area contributed by atoms with E-state index in [1.165, 1.54) is 0 Å². The Morgan fingerprint density at radius 3 is 1.08 bits per heavy atom. The number of hydrogen-bond acceptors (Lipinski definition) is 6. The van der Waals surface area contributed by atoms with Crippen LogP contribution in [0.4, 0.5) is 0 Å². The highest BCUT2D eigenvalue weighted by atomic mass is 31.1. The molecule has 1 heterocycles. The van der Waals surface area contributed by atoms with Crippen LogP contribution in [0.15, 0.2) is 158 Å². The third-order valence-corrected chi connectivity index (χ3v) is 13.8. The molecule has 1 saturated heterocycles. The zero-order valence-electron chi connectivity index (χ0n) is 30.0. The Kier molecular flexibility index (Phi) is 11.0. The molecule has 1 aliphatic heterocycles. The van der Waals surface area contributed by atoms with Crippen molar-refractivity contribution in [3.63, 3.8) is 0 Å². The molecule has 6 nitrogen and oxygen atoms in total. The first-order valence-electron chi connectivity index (χ1n) is 17.5. The average molecular weight is 739 g/mol. The van der Waals surface area contributed by atoms with Crippen LogP contribution in [-0.2, 0) is 19.1 Å². The van der Waals surface area contributed by atoms with E-state index in [0.717, 1.165) is 43.0 Å². The Morgan fingerprint density at radius 2 is 0.774 bits per heavy atom. The summed E-state index contributed by atoms with van der Waals surface area (Å²) in [6.07, 6.45) is -2.75. The standard InChI is InChI=1S/C45H40O6P2/c1-31-19-17-29-37(52(33-21-9-5-10-22-33)34-23-11-6-12-24-34)39(31)48-43(46)41-42(51-45(3,4)50-41)44(47)49-40-32(2)20-18-30-38(40)53(35-25-13-7-14-26-35)36-27-15-8-16-28-36/h5-30,41-42H,1-4H3/t41-,42-/m1/s1. The molecule has 1 fully saturated rings. The monoisotopic (exact) mass is 738 g/mol. The first-order chi connectivity index (χ1) is 25.7. The molecule has 6 aromatic rings. The lowest BCUT2D eigenvalue weighted by Gasteiger charge is -2.24. The minimum atomic E-state index is -1.37. The zero-order chi connectivity index (χ0) is 37.0. The minimum Gasteiger partial charge on any atom is -0.424 e. The Bertz CT molecular complexity index is 1960. The molecule has 6 aromatic carbocycles. The van der Waals surface area contributed by atoms with Crippen LogP contribution >= 0.6 is 15.8 Å². The van der Waals surface area contributed by atoms with Crippen LogP contribution in [0.5, 0.6) is 11.5 Å². The number of ether oxygens (including phenoxy) is 4. The van der Waals surface area contributed by atoms with E-state index >= 15 is 0 Å². The van der Waals surface area contributed by atoms with Gasteiger partial charge in [0.15, 0.2) is 18.0 Å². The van der Waals surface area contributed by atoms with E-state index in [1.807, 2.05) is 123 Å². The molecule has 0 unspecified atom stereocenters. The number of para-hydroxylation sites is 2. The van der Waals surface area contributed by atoms with Crippen molar-refractivity contribution in [2.24, 2.45) is 0 Å². The predicted molar refractivity (Wildman–Crippen MR) is 215 cm³/mol. The predicted octanol–water partition coefficient (Wildman–Crippen LogP) is 6.85. The quantitative estimate of drug-likeness (QED) is 0.0871. The van der Waals surface area contributed by atoms with E-state index in [2.05, 4.69) is 48.5 Å². The van der Waals surface area contributed by atoms with Crippen molar-refractivity contribution in [3.8, 4) is 11.5 Å². The number of aryl methyl sites for hydroxylation is 2. The number of carbonyl (C=O) groups is 2. The SMILES string of the molecule is Cc1cccc(P(c2ccccc2)c2ccccc2)c1OC(=O)[C@@H]1OC(C)(C)O[C@H]1C(=O)Oc1c(C)cccc1P(c1ccccc1)c1ccccc1. The second-order valence-electron chi connectivity index (χ2n) is 13.2. The highest BCUT2D eigenvalue weighted by Crippen LogP contribution is 2.40. The van der Waals surface area contributed by atoms with Crippen molar-refractivity contribution in [1.29, 1.82) is 0 Å². The van der Waals surface area contributed by atoms with Gasteiger partial charge in [0.1, 0.15) is 11.5 Å². The largest absolute Gasteiger partial charge is 0.424 e. The normalized spacial score (nSPS) is 16.4. The first-order valence-corrected chi connectivity index (χ1v) is 20.2. The van der Waals surface area contributed by atoms with E-state index < -0.39 is 45.8 Å². The van der Waals surface area contributed by atoms with Crippen molar-refractivity contribution in [2.75, 3.05) is 0 Å². The Balaban J connectivity index is 1.21. The maximum atomic E-state index is 14.3. The van der Waals surface area contributed by atoms with Crippen molar-refractivity contribution in [3.05, 3.63) is 169 Å². The summed E-state index contributed by atoms with van der Waals surface area (Å²) in [6.45, 7) is 7.17. The number of esters is 2. The summed E-state index contributed by atoms with van der Waals surface area (Å²) >= 11 is 0. The highest BCUT2D eigenvalue weighted by molar-refractivity contribution is 7.80. The lowest BCUT2D eigenvalue weighted by Crippen LogP contribution is -2.42. The van der Waals surface area contributed by atoms with E-state index in [1.54, 1.807) is 13.8 Å². The van der Waals surface area contributed by atoms with Gasteiger partial charge in [-0.3, -0.25) is 0 Å². The number of carbonyl (C=O) groups excluding carboxylic acids is 2. The fourth-order valence-corrected chi connectivity index (χ4v) is 11.4. The third kappa shape index (κ3) is 8.03. The van der Waals surface area contributed by atoms with E-state index in [9.17, 15) is 9.59 Å². The molecule has 7 rings (SSSR count). The lowest BCUT2D eigenvalue weighted by molar-refractivity contribution is -0.167. The van der Waals surface area contributed by atoms with Gasteiger partial charge >= 0.3 is 11.9 Å². The first kappa shape index (κ1) is 36.4. The second-order valence-corrected chi connectivity index (χ2v) is 17.5. The van der Waals surface area contributed by atoms with E-state index in [-0.39, 0.29) is 0 Å². The summed E-state index contributed by atoms with van der Waals surface area (Å²) in [4.78, 5) is 28.5. The summed E-state index contributed by atoms with van der Waals surface area (Å²) < 4.78 is 24.8. The molecule has 0 saturated carbocycles. The maximum Gasteiger partial charge on any atom is 0.344 e.